The van der Waals surface area contributed by atoms with Crippen LogP contribution >= 0.6 is 22.7 Å². The Morgan fingerprint density at radius 2 is 1.07 bits per heavy atom. The van der Waals surface area contributed by atoms with Crippen LogP contribution in [0.4, 0.5) is 0 Å². The minimum Gasteiger partial charge on any atom is -0.308 e. The number of fused-ring (bicyclic) bond motifs is 15. The van der Waals surface area contributed by atoms with Crippen molar-refractivity contribution in [3.8, 4) is 11.4 Å². The number of aromatic nitrogens is 3. The van der Waals surface area contributed by atoms with Gasteiger partial charge >= 0.3 is 0 Å². The van der Waals surface area contributed by atoms with E-state index in [0.29, 0.717) is 0 Å². The summed E-state index contributed by atoms with van der Waals surface area (Å²) in [5.74, 6) is 0. The number of hydrogen-bond acceptors (Lipinski definition) is 3. The van der Waals surface area contributed by atoms with E-state index in [4.69, 9.17) is 4.98 Å². The Balaban J connectivity index is 1.49. The van der Waals surface area contributed by atoms with Gasteiger partial charge in [-0.05, 0) is 48.5 Å². The van der Waals surface area contributed by atoms with Gasteiger partial charge in [0.2, 0.25) is 0 Å². The monoisotopic (exact) mass is 621 g/mol. The Morgan fingerprint density at radius 1 is 0.435 bits per heavy atom. The third-order valence-corrected chi connectivity index (χ3v) is 11.9. The van der Waals surface area contributed by atoms with Gasteiger partial charge in [-0.2, -0.15) is 0 Å². The molecule has 214 valence electrons. The molecule has 5 heterocycles. The van der Waals surface area contributed by atoms with Crippen LogP contribution in [0.1, 0.15) is 0 Å². The molecule has 5 heteroatoms. The standard InChI is InChI=1S/C41H23N3S2/c1-2-12-24(13-3-1)43-30-19-7-4-15-27(30)34-37(43)36-29-18-11-23-42-41(29)46-40(36)35-28-16-5-8-20-31(28)44(38(34)35)32-21-10-17-26-25-14-6-9-22-33(25)45-39(26)32/h1-23H. The summed E-state index contributed by atoms with van der Waals surface area (Å²) in [5, 5.41) is 10.2. The molecule has 3 nitrogen and oxygen atoms in total. The number of rotatable bonds is 2. The van der Waals surface area contributed by atoms with E-state index in [-0.39, 0.29) is 0 Å². The lowest BCUT2D eigenvalue weighted by molar-refractivity contribution is 1.18. The van der Waals surface area contributed by atoms with Gasteiger partial charge in [0, 0.05) is 64.4 Å². The molecule has 0 atom stereocenters. The van der Waals surface area contributed by atoms with Crippen LogP contribution in [0, 0.1) is 0 Å². The molecular weight excluding hydrogens is 599 g/mol. The highest BCUT2D eigenvalue weighted by molar-refractivity contribution is 7.27. The third kappa shape index (κ3) is 3.09. The Bertz CT molecular complexity index is 3030. The fourth-order valence-electron chi connectivity index (χ4n) is 7.77. The topological polar surface area (TPSA) is 22.8 Å². The van der Waals surface area contributed by atoms with Gasteiger partial charge in [-0.3, -0.25) is 0 Å². The molecule has 6 aromatic carbocycles. The molecule has 5 aromatic heterocycles. The SMILES string of the molecule is c1ccc(-n2c3ccccc3c3c4c(c5ccccc5n4-c4cccc5c4sc4ccccc45)c4sc5ncccc5c4c32)cc1. The van der Waals surface area contributed by atoms with Crippen LogP contribution in [-0.4, -0.2) is 14.1 Å². The number of para-hydroxylation sites is 3. The minimum atomic E-state index is 1.07. The summed E-state index contributed by atoms with van der Waals surface area (Å²) in [6.07, 6.45) is 1.92. The first-order valence-electron chi connectivity index (χ1n) is 15.5. The fourth-order valence-corrected chi connectivity index (χ4v) is 10.2. The smallest absolute Gasteiger partial charge is 0.124 e. The zero-order valence-corrected chi connectivity index (χ0v) is 26.1. The van der Waals surface area contributed by atoms with E-state index < -0.39 is 0 Å². The maximum absolute atomic E-state index is 4.90. The highest BCUT2D eigenvalue weighted by Crippen LogP contribution is 2.51. The highest BCUT2D eigenvalue weighted by atomic mass is 32.1. The normalized spacial score (nSPS) is 12.3. The number of benzene rings is 6. The van der Waals surface area contributed by atoms with E-state index in [0.717, 1.165) is 10.5 Å². The van der Waals surface area contributed by atoms with Crippen molar-refractivity contribution < 1.29 is 0 Å². The fraction of sp³-hybridized carbons (Fsp3) is 0. The molecular formula is C41H23N3S2. The molecule has 0 bridgehead atoms. The van der Waals surface area contributed by atoms with Crippen molar-refractivity contribution in [3.05, 3.63) is 140 Å². The highest BCUT2D eigenvalue weighted by Gasteiger charge is 2.27. The predicted octanol–water partition coefficient (Wildman–Crippen LogP) is 12.0. The zero-order chi connectivity index (χ0) is 29.9. The van der Waals surface area contributed by atoms with Crippen molar-refractivity contribution in [2.24, 2.45) is 0 Å². The molecule has 0 spiro atoms. The van der Waals surface area contributed by atoms with Crippen LogP contribution in [0.5, 0.6) is 0 Å². The number of nitrogens with zero attached hydrogens (tertiary/aromatic N) is 3. The lowest BCUT2D eigenvalue weighted by atomic mass is 10.0. The summed E-state index contributed by atoms with van der Waals surface area (Å²) in [7, 11) is 0. The van der Waals surface area contributed by atoms with Crippen molar-refractivity contribution in [2.75, 3.05) is 0 Å². The second kappa shape index (κ2) is 9.04. The van der Waals surface area contributed by atoms with Gasteiger partial charge in [-0.15, -0.1) is 22.7 Å². The van der Waals surface area contributed by atoms with Crippen LogP contribution in [0.15, 0.2) is 140 Å². The Labute approximate surface area is 270 Å². The largest absolute Gasteiger partial charge is 0.308 e. The third-order valence-electron chi connectivity index (χ3n) is 9.56. The molecule has 0 amide bonds. The second-order valence-electron chi connectivity index (χ2n) is 11.9. The first-order valence-corrected chi connectivity index (χ1v) is 17.1. The van der Waals surface area contributed by atoms with Crippen LogP contribution < -0.4 is 0 Å². The maximum Gasteiger partial charge on any atom is 0.124 e. The second-order valence-corrected chi connectivity index (χ2v) is 14.0. The van der Waals surface area contributed by atoms with E-state index in [1.807, 2.05) is 28.9 Å². The van der Waals surface area contributed by atoms with Gasteiger partial charge in [0.15, 0.2) is 0 Å². The van der Waals surface area contributed by atoms with E-state index in [1.54, 1.807) is 0 Å². The first kappa shape index (κ1) is 24.8. The summed E-state index contributed by atoms with van der Waals surface area (Å²) in [5.41, 5.74) is 7.30. The maximum atomic E-state index is 4.90. The Hall–Kier alpha value is -5.49. The quantitative estimate of drug-likeness (QED) is 0.188. The molecule has 0 N–H and O–H groups in total. The van der Waals surface area contributed by atoms with E-state index in [1.165, 1.54) is 84.9 Å². The van der Waals surface area contributed by atoms with Crippen molar-refractivity contribution in [1.29, 1.82) is 0 Å². The van der Waals surface area contributed by atoms with Gasteiger partial charge < -0.3 is 9.13 Å². The molecule has 0 saturated heterocycles. The lowest BCUT2D eigenvalue weighted by Gasteiger charge is -2.12. The molecule has 0 aliphatic rings. The number of hydrogen-bond donors (Lipinski definition) is 0. The zero-order valence-electron chi connectivity index (χ0n) is 24.4. The van der Waals surface area contributed by atoms with Crippen LogP contribution in [0.3, 0.4) is 0 Å². The van der Waals surface area contributed by atoms with Crippen LogP contribution in [0.25, 0.3) is 95.5 Å². The van der Waals surface area contributed by atoms with Crippen LogP contribution in [0.2, 0.25) is 0 Å². The van der Waals surface area contributed by atoms with Crippen molar-refractivity contribution in [2.45, 2.75) is 0 Å². The van der Waals surface area contributed by atoms with Gasteiger partial charge in [-0.1, -0.05) is 84.9 Å². The Kier molecular flexibility index (Phi) is 4.87. The predicted molar refractivity (Wildman–Crippen MR) is 199 cm³/mol. The molecule has 0 radical (unpaired) electrons. The Morgan fingerprint density at radius 3 is 1.91 bits per heavy atom. The summed E-state index contributed by atoms with van der Waals surface area (Å²) in [4.78, 5) is 5.97. The number of thiophene rings is 2. The molecule has 0 aliphatic carbocycles. The average Bonchev–Trinajstić information content (AvgIpc) is 3.86. The molecule has 0 aliphatic heterocycles. The molecule has 11 aromatic rings. The van der Waals surface area contributed by atoms with Crippen molar-refractivity contribution >= 4 is 107 Å². The van der Waals surface area contributed by atoms with Gasteiger partial charge in [0.25, 0.3) is 0 Å². The molecule has 11 rings (SSSR count). The van der Waals surface area contributed by atoms with E-state index >= 15 is 0 Å². The van der Waals surface area contributed by atoms with Gasteiger partial charge in [0.1, 0.15) is 4.83 Å². The van der Waals surface area contributed by atoms with Gasteiger partial charge in [-0.25, -0.2) is 4.98 Å². The molecule has 0 fully saturated rings. The van der Waals surface area contributed by atoms with Crippen LogP contribution in [-0.2, 0) is 0 Å². The summed E-state index contributed by atoms with van der Waals surface area (Å²) in [6, 6.07) is 48.6. The number of pyridine rings is 1. The molecule has 46 heavy (non-hydrogen) atoms. The lowest BCUT2D eigenvalue weighted by Crippen LogP contribution is -1.96. The summed E-state index contributed by atoms with van der Waals surface area (Å²) in [6.45, 7) is 0. The van der Waals surface area contributed by atoms with E-state index in [9.17, 15) is 0 Å². The molecule has 0 saturated carbocycles. The van der Waals surface area contributed by atoms with Gasteiger partial charge in [0.05, 0.1) is 32.5 Å². The minimum absolute atomic E-state index is 1.07. The molecule has 0 unspecified atom stereocenters. The van der Waals surface area contributed by atoms with E-state index in [2.05, 4.69) is 143 Å². The van der Waals surface area contributed by atoms with Crippen molar-refractivity contribution in [3.63, 3.8) is 0 Å². The summed E-state index contributed by atoms with van der Waals surface area (Å²) >= 11 is 3.70. The average molecular weight is 622 g/mol. The first-order chi connectivity index (χ1) is 22.9. The summed E-state index contributed by atoms with van der Waals surface area (Å²) < 4.78 is 8.95. The van der Waals surface area contributed by atoms with Crippen molar-refractivity contribution in [1.82, 2.24) is 14.1 Å².